The van der Waals surface area contributed by atoms with Gasteiger partial charge in [0.05, 0.1) is 4.92 Å². The van der Waals surface area contributed by atoms with Crippen molar-refractivity contribution in [2.24, 2.45) is 5.73 Å². The second kappa shape index (κ2) is 5.62. The van der Waals surface area contributed by atoms with Gasteiger partial charge in [-0.2, -0.15) is 0 Å². The van der Waals surface area contributed by atoms with E-state index in [9.17, 15) is 10.1 Å². The number of hydrogen-bond acceptors (Lipinski definition) is 5. The van der Waals surface area contributed by atoms with Crippen LogP contribution in [0.25, 0.3) is 10.9 Å². The molecule has 0 amide bonds. The van der Waals surface area contributed by atoms with Crippen molar-refractivity contribution < 1.29 is 4.92 Å². The zero-order chi connectivity index (χ0) is 13.8. The predicted molar refractivity (Wildman–Crippen MR) is 75.2 cm³/mol. The number of hydrogen-bond donors (Lipinski definition) is 2. The zero-order valence-electron chi connectivity index (χ0n) is 10.7. The van der Waals surface area contributed by atoms with Crippen molar-refractivity contribution in [3.63, 3.8) is 0 Å². The van der Waals surface area contributed by atoms with Crippen LogP contribution in [0.15, 0.2) is 30.5 Å². The van der Waals surface area contributed by atoms with Crippen LogP contribution in [-0.2, 0) is 0 Å². The molecule has 6 nitrogen and oxygen atoms in total. The fourth-order valence-electron chi connectivity index (χ4n) is 1.85. The van der Waals surface area contributed by atoms with E-state index in [1.807, 2.05) is 13.0 Å². The summed E-state index contributed by atoms with van der Waals surface area (Å²) in [5.74, 6) is 0. The van der Waals surface area contributed by atoms with E-state index in [4.69, 9.17) is 5.73 Å². The molecule has 1 unspecified atom stereocenters. The van der Waals surface area contributed by atoms with E-state index in [1.165, 1.54) is 6.07 Å². The van der Waals surface area contributed by atoms with Crippen LogP contribution in [0, 0.1) is 10.1 Å². The standard InChI is InChI=1S/C13H16N4O2/c1-2-9(14)8-16-11-6-7-15-13-10(11)4-3-5-12(13)17(18)19/h3-7,9H,2,8,14H2,1H3,(H,15,16). The van der Waals surface area contributed by atoms with Crippen molar-refractivity contribution in [3.05, 3.63) is 40.6 Å². The van der Waals surface area contributed by atoms with E-state index in [0.717, 1.165) is 17.5 Å². The Kier molecular flexibility index (Phi) is 3.91. The molecule has 1 aromatic carbocycles. The number of nitrogens with two attached hydrogens (primary N) is 1. The van der Waals surface area contributed by atoms with Crippen LogP contribution in [0.2, 0.25) is 0 Å². The maximum atomic E-state index is 11.0. The largest absolute Gasteiger partial charge is 0.383 e. The first kappa shape index (κ1) is 13.2. The molecule has 1 heterocycles. The van der Waals surface area contributed by atoms with E-state index >= 15 is 0 Å². The number of para-hydroxylation sites is 1. The first-order chi connectivity index (χ1) is 9.13. The molecule has 2 rings (SSSR count). The highest BCUT2D eigenvalue weighted by Gasteiger charge is 2.14. The fraction of sp³-hybridized carbons (Fsp3) is 0.308. The molecule has 2 aromatic rings. The monoisotopic (exact) mass is 260 g/mol. The molecule has 3 N–H and O–H groups in total. The highest BCUT2D eigenvalue weighted by atomic mass is 16.6. The Morgan fingerprint density at radius 2 is 2.26 bits per heavy atom. The number of nitro groups is 1. The number of nitro benzene ring substituents is 1. The van der Waals surface area contributed by atoms with Crippen molar-refractivity contribution in [3.8, 4) is 0 Å². The van der Waals surface area contributed by atoms with Crippen LogP contribution in [0.1, 0.15) is 13.3 Å². The van der Waals surface area contributed by atoms with Crippen molar-refractivity contribution >= 4 is 22.3 Å². The van der Waals surface area contributed by atoms with Crippen molar-refractivity contribution in [1.29, 1.82) is 0 Å². The second-order valence-electron chi connectivity index (χ2n) is 4.34. The summed E-state index contributed by atoms with van der Waals surface area (Å²) in [4.78, 5) is 14.6. The van der Waals surface area contributed by atoms with Crippen LogP contribution in [0.5, 0.6) is 0 Å². The molecule has 1 atom stereocenters. The molecule has 0 aliphatic carbocycles. The summed E-state index contributed by atoms with van der Waals surface area (Å²) in [5, 5.41) is 14.9. The zero-order valence-corrected chi connectivity index (χ0v) is 10.7. The van der Waals surface area contributed by atoms with Gasteiger partial charge in [-0.1, -0.05) is 19.1 Å². The molecule has 0 saturated heterocycles. The lowest BCUT2D eigenvalue weighted by molar-refractivity contribution is -0.383. The summed E-state index contributed by atoms with van der Waals surface area (Å²) < 4.78 is 0. The average molecular weight is 260 g/mol. The maximum absolute atomic E-state index is 11.0. The third-order valence-corrected chi connectivity index (χ3v) is 3.03. The number of pyridine rings is 1. The Morgan fingerprint density at radius 1 is 1.47 bits per heavy atom. The SMILES string of the molecule is CCC(N)CNc1ccnc2c([N+](=O)[O-])cccc12. The van der Waals surface area contributed by atoms with Gasteiger partial charge in [0.15, 0.2) is 0 Å². The first-order valence-corrected chi connectivity index (χ1v) is 6.15. The molecule has 0 aliphatic heterocycles. The lowest BCUT2D eigenvalue weighted by Gasteiger charge is -2.13. The van der Waals surface area contributed by atoms with Gasteiger partial charge < -0.3 is 11.1 Å². The third kappa shape index (κ3) is 2.79. The Morgan fingerprint density at radius 3 is 2.95 bits per heavy atom. The fourth-order valence-corrected chi connectivity index (χ4v) is 1.85. The number of aromatic nitrogens is 1. The summed E-state index contributed by atoms with van der Waals surface area (Å²) in [5.41, 5.74) is 7.08. The number of nitrogens with zero attached hydrogens (tertiary/aromatic N) is 2. The summed E-state index contributed by atoms with van der Waals surface area (Å²) in [6.45, 7) is 2.64. The van der Waals surface area contributed by atoms with Gasteiger partial charge in [0.1, 0.15) is 5.52 Å². The van der Waals surface area contributed by atoms with Crippen LogP contribution in [0.3, 0.4) is 0 Å². The molecule has 100 valence electrons. The molecular formula is C13H16N4O2. The Balaban J connectivity index is 2.40. The van der Waals surface area contributed by atoms with Gasteiger partial charge in [-0.15, -0.1) is 0 Å². The van der Waals surface area contributed by atoms with E-state index in [1.54, 1.807) is 18.3 Å². The van der Waals surface area contributed by atoms with E-state index in [0.29, 0.717) is 12.1 Å². The molecule has 0 bridgehead atoms. The van der Waals surface area contributed by atoms with Crippen LogP contribution in [0.4, 0.5) is 11.4 Å². The van der Waals surface area contributed by atoms with Crippen LogP contribution >= 0.6 is 0 Å². The number of non-ortho nitro benzene ring substituents is 1. The van der Waals surface area contributed by atoms with E-state index < -0.39 is 4.92 Å². The smallest absolute Gasteiger partial charge is 0.295 e. The Labute approximate surface area is 110 Å². The maximum Gasteiger partial charge on any atom is 0.295 e. The highest BCUT2D eigenvalue weighted by molar-refractivity contribution is 5.96. The van der Waals surface area contributed by atoms with Gasteiger partial charge in [-0.3, -0.25) is 10.1 Å². The minimum absolute atomic E-state index is 0.0148. The average Bonchev–Trinajstić information content (AvgIpc) is 2.43. The summed E-state index contributed by atoms with van der Waals surface area (Å²) in [6.07, 6.45) is 2.44. The summed E-state index contributed by atoms with van der Waals surface area (Å²) >= 11 is 0. The molecule has 0 spiro atoms. The van der Waals surface area contributed by atoms with Crippen molar-refractivity contribution in [1.82, 2.24) is 4.98 Å². The quantitative estimate of drug-likeness (QED) is 0.635. The number of nitrogens with one attached hydrogen (secondary N) is 1. The van der Waals surface area contributed by atoms with Gasteiger partial charge in [0, 0.05) is 35.9 Å². The van der Waals surface area contributed by atoms with Gasteiger partial charge in [0.25, 0.3) is 5.69 Å². The summed E-state index contributed by atoms with van der Waals surface area (Å²) in [6, 6.07) is 6.79. The van der Waals surface area contributed by atoms with Crippen LogP contribution in [-0.4, -0.2) is 22.5 Å². The van der Waals surface area contributed by atoms with Crippen molar-refractivity contribution in [2.45, 2.75) is 19.4 Å². The molecule has 0 saturated carbocycles. The van der Waals surface area contributed by atoms with Crippen LogP contribution < -0.4 is 11.1 Å². The van der Waals surface area contributed by atoms with Gasteiger partial charge in [-0.25, -0.2) is 4.98 Å². The molecule has 0 radical (unpaired) electrons. The Bertz CT molecular complexity index is 600. The molecule has 0 fully saturated rings. The molecule has 1 aromatic heterocycles. The normalized spacial score (nSPS) is 12.3. The number of fused-ring (bicyclic) bond motifs is 1. The lowest BCUT2D eigenvalue weighted by atomic mass is 10.1. The number of benzene rings is 1. The molecule has 19 heavy (non-hydrogen) atoms. The number of anilines is 1. The van der Waals surface area contributed by atoms with Gasteiger partial charge in [0.2, 0.25) is 0 Å². The van der Waals surface area contributed by atoms with Gasteiger partial charge >= 0.3 is 0 Å². The van der Waals surface area contributed by atoms with E-state index in [2.05, 4.69) is 10.3 Å². The van der Waals surface area contributed by atoms with E-state index in [-0.39, 0.29) is 11.7 Å². The third-order valence-electron chi connectivity index (χ3n) is 3.03. The van der Waals surface area contributed by atoms with Gasteiger partial charge in [-0.05, 0) is 12.5 Å². The molecule has 0 aliphatic rings. The Hall–Kier alpha value is -2.21. The molecule has 6 heteroatoms. The first-order valence-electron chi connectivity index (χ1n) is 6.15. The van der Waals surface area contributed by atoms with Crippen molar-refractivity contribution in [2.75, 3.05) is 11.9 Å². The summed E-state index contributed by atoms with van der Waals surface area (Å²) in [7, 11) is 0. The highest BCUT2D eigenvalue weighted by Crippen LogP contribution is 2.28. The topological polar surface area (TPSA) is 94.1 Å². The minimum atomic E-state index is -0.420. The molecular weight excluding hydrogens is 244 g/mol. The lowest BCUT2D eigenvalue weighted by Crippen LogP contribution is -2.28. The predicted octanol–water partition coefficient (Wildman–Crippen LogP) is 2.29. The number of rotatable bonds is 5. The minimum Gasteiger partial charge on any atom is -0.383 e. The second-order valence-corrected chi connectivity index (χ2v) is 4.34.